The largest absolute Gasteiger partial charge is 0.268 e. The number of aryl methyl sites for hydroxylation is 1. The van der Waals surface area contributed by atoms with Gasteiger partial charge in [-0.25, -0.2) is 12.4 Å². The first-order valence-corrected chi connectivity index (χ1v) is 15.5. The molecule has 3 nitrogen and oxygen atoms in total. The van der Waals surface area contributed by atoms with Gasteiger partial charge in [0.25, 0.3) is 10.0 Å². The Hall–Kier alpha value is -4.45. The van der Waals surface area contributed by atoms with Gasteiger partial charge in [-0.15, -0.1) is 11.3 Å². The van der Waals surface area contributed by atoms with Crippen molar-refractivity contribution in [2.24, 2.45) is 0 Å². The fourth-order valence-electron chi connectivity index (χ4n) is 6.01. The molecule has 0 fully saturated rings. The van der Waals surface area contributed by atoms with Crippen molar-refractivity contribution < 1.29 is 8.42 Å². The number of thiophene rings is 1. The summed E-state index contributed by atoms with van der Waals surface area (Å²) in [6.45, 7) is 2.10. The molecule has 0 unspecified atom stereocenters. The Kier molecular flexibility index (Phi) is 4.99. The van der Waals surface area contributed by atoms with Crippen LogP contribution in [0.3, 0.4) is 0 Å². The van der Waals surface area contributed by atoms with Crippen molar-refractivity contribution in [2.45, 2.75) is 11.8 Å². The second kappa shape index (κ2) is 8.52. The molecule has 8 aromatic rings. The van der Waals surface area contributed by atoms with E-state index in [9.17, 15) is 8.42 Å². The summed E-state index contributed by atoms with van der Waals surface area (Å²) in [6.07, 6.45) is 0. The number of nitrogens with zero attached hydrogens (tertiary/aromatic N) is 1. The molecule has 0 bridgehead atoms. The minimum absolute atomic E-state index is 0.277. The van der Waals surface area contributed by atoms with E-state index < -0.39 is 10.0 Å². The monoisotopic (exact) mass is 553 g/mol. The minimum atomic E-state index is -3.84. The average molecular weight is 554 g/mol. The van der Waals surface area contributed by atoms with Crippen LogP contribution in [-0.2, 0) is 10.0 Å². The topological polar surface area (TPSA) is 39.1 Å². The van der Waals surface area contributed by atoms with Crippen LogP contribution in [0.1, 0.15) is 5.56 Å². The van der Waals surface area contributed by atoms with Crippen molar-refractivity contribution in [3.05, 3.63) is 127 Å². The van der Waals surface area contributed by atoms with E-state index in [0.29, 0.717) is 11.0 Å². The van der Waals surface area contributed by atoms with Gasteiger partial charge < -0.3 is 0 Å². The third kappa shape index (κ3) is 3.32. The van der Waals surface area contributed by atoms with Crippen molar-refractivity contribution in [1.82, 2.24) is 3.97 Å². The molecule has 8 rings (SSSR count). The van der Waals surface area contributed by atoms with E-state index in [2.05, 4.69) is 73.7 Å². The lowest BCUT2D eigenvalue weighted by Crippen LogP contribution is -2.12. The van der Waals surface area contributed by atoms with E-state index in [1.807, 2.05) is 30.3 Å². The number of hydrogen-bond donors (Lipinski definition) is 0. The fourth-order valence-corrected chi connectivity index (χ4v) is 8.73. The molecular weight excluding hydrogens is 531 g/mol. The molecule has 2 heterocycles. The smallest absolute Gasteiger partial charge is 0.233 e. The van der Waals surface area contributed by atoms with Gasteiger partial charge in [-0.1, -0.05) is 90.5 Å². The third-order valence-electron chi connectivity index (χ3n) is 7.85. The van der Waals surface area contributed by atoms with Crippen LogP contribution >= 0.6 is 11.3 Å². The number of para-hydroxylation sites is 1. The predicted octanol–water partition coefficient (Wildman–Crippen LogP) is 9.53. The summed E-state index contributed by atoms with van der Waals surface area (Å²) in [4.78, 5) is 0.277. The van der Waals surface area contributed by atoms with Crippen LogP contribution in [0.4, 0.5) is 0 Å². The highest BCUT2D eigenvalue weighted by Gasteiger charge is 2.25. The zero-order valence-electron chi connectivity index (χ0n) is 21.6. The fraction of sp³-hybridized carbons (Fsp3) is 0.0286. The van der Waals surface area contributed by atoms with E-state index in [-0.39, 0.29) is 4.90 Å². The highest BCUT2D eigenvalue weighted by molar-refractivity contribution is 7.90. The Bertz CT molecular complexity index is 2380. The first kappa shape index (κ1) is 23.4. The van der Waals surface area contributed by atoms with E-state index in [1.54, 1.807) is 35.6 Å². The second-order valence-electron chi connectivity index (χ2n) is 10.3. The van der Waals surface area contributed by atoms with E-state index >= 15 is 0 Å². The maximum atomic E-state index is 14.1. The Balaban J connectivity index is 1.56. The van der Waals surface area contributed by atoms with Gasteiger partial charge in [-0.05, 0) is 65.2 Å². The normalized spacial score (nSPS) is 12.3. The summed E-state index contributed by atoms with van der Waals surface area (Å²) in [5.74, 6) is 0. The SMILES string of the molecule is Cc1ccc(-c2c3ccccc3cc3sc4cc5c6ccccc6n(S(=O)(=O)c6ccccc6)c5cc4c23)cc1. The maximum Gasteiger partial charge on any atom is 0.268 e. The Labute approximate surface area is 235 Å². The molecule has 0 radical (unpaired) electrons. The molecule has 6 aromatic carbocycles. The number of hydrogen-bond acceptors (Lipinski definition) is 3. The summed E-state index contributed by atoms with van der Waals surface area (Å²) in [5, 5.41) is 6.50. The minimum Gasteiger partial charge on any atom is -0.233 e. The van der Waals surface area contributed by atoms with Gasteiger partial charge in [0, 0.05) is 30.9 Å². The zero-order valence-corrected chi connectivity index (χ0v) is 23.3. The number of rotatable bonds is 3. The van der Waals surface area contributed by atoms with Crippen molar-refractivity contribution in [1.29, 1.82) is 0 Å². The molecule has 0 saturated carbocycles. The lowest BCUT2D eigenvalue weighted by Gasteiger charge is -2.11. The van der Waals surface area contributed by atoms with Crippen molar-refractivity contribution in [3.63, 3.8) is 0 Å². The number of benzene rings is 6. The summed E-state index contributed by atoms with van der Waals surface area (Å²) in [6, 6.07) is 40.2. The molecule has 0 amide bonds. The van der Waals surface area contributed by atoms with Crippen molar-refractivity contribution >= 4 is 74.1 Å². The van der Waals surface area contributed by atoms with Crippen molar-refractivity contribution in [3.8, 4) is 11.1 Å². The quantitative estimate of drug-likeness (QED) is 0.219. The first-order valence-electron chi connectivity index (χ1n) is 13.2. The van der Waals surface area contributed by atoms with Gasteiger partial charge in [0.15, 0.2) is 0 Å². The summed E-state index contributed by atoms with van der Waals surface area (Å²) >= 11 is 1.77. The molecule has 40 heavy (non-hydrogen) atoms. The molecule has 5 heteroatoms. The molecule has 0 saturated heterocycles. The molecule has 0 aliphatic rings. The van der Waals surface area contributed by atoms with Gasteiger partial charge >= 0.3 is 0 Å². The first-order chi connectivity index (χ1) is 19.5. The summed E-state index contributed by atoms with van der Waals surface area (Å²) in [7, 11) is -3.84. The van der Waals surface area contributed by atoms with Gasteiger partial charge in [-0.3, -0.25) is 0 Å². The van der Waals surface area contributed by atoms with Crippen LogP contribution in [0.15, 0.2) is 126 Å². The summed E-state index contributed by atoms with van der Waals surface area (Å²) < 4.78 is 32.1. The Morgan fingerprint density at radius 3 is 2.10 bits per heavy atom. The zero-order chi connectivity index (χ0) is 27.0. The maximum absolute atomic E-state index is 14.1. The van der Waals surface area contributed by atoms with Gasteiger partial charge in [0.05, 0.1) is 15.9 Å². The van der Waals surface area contributed by atoms with Crippen LogP contribution in [0.2, 0.25) is 0 Å². The third-order valence-corrected chi connectivity index (χ3v) is 10.7. The van der Waals surface area contributed by atoms with Gasteiger partial charge in [0.1, 0.15) is 0 Å². The molecule has 0 spiro atoms. The van der Waals surface area contributed by atoms with Gasteiger partial charge in [-0.2, -0.15) is 0 Å². The van der Waals surface area contributed by atoms with Crippen LogP contribution in [0.25, 0.3) is 63.9 Å². The number of aromatic nitrogens is 1. The van der Waals surface area contributed by atoms with Crippen molar-refractivity contribution in [2.75, 3.05) is 0 Å². The van der Waals surface area contributed by atoms with Crippen LogP contribution in [-0.4, -0.2) is 12.4 Å². The Morgan fingerprint density at radius 1 is 0.600 bits per heavy atom. The van der Waals surface area contributed by atoms with Gasteiger partial charge in [0.2, 0.25) is 0 Å². The molecule has 0 aliphatic carbocycles. The molecule has 0 N–H and O–H groups in total. The van der Waals surface area contributed by atoms with Crippen LogP contribution < -0.4 is 0 Å². The molecule has 192 valence electrons. The van der Waals surface area contributed by atoms with Crippen LogP contribution in [0, 0.1) is 6.92 Å². The Morgan fingerprint density at radius 2 is 1.30 bits per heavy atom. The molecule has 2 aromatic heterocycles. The highest BCUT2D eigenvalue weighted by Crippen LogP contribution is 2.46. The predicted molar refractivity (Wildman–Crippen MR) is 169 cm³/mol. The molecule has 0 aliphatic heterocycles. The average Bonchev–Trinajstić information content (AvgIpc) is 3.50. The summed E-state index contributed by atoms with van der Waals surface area (Å²) in [5.41, 5.74) is 4.94. The molecule has 0 atom stereocenters. The van der Waals surface area contributed by atoms with E-state index in [1.165, 1.54) is 36.0 Å². The standard InChI is InChI=1S/C35H23NO2S2/c1-22-15-17-23(18-16-22)34-26-12-6-5-9-24(26)19-33-35(34)29-20-31-28(21-32(29)39-33)27-13-7-8-14-30(27)36(31)40(37,38)25-10-3-2-4-11-25/h2-21H,1H3. The lowest BCUT2D eigenvalue weighted by atomic mass is 9.93. The number of fused-ring (bicyclic) bond motifs is 7. The van der Waals surface area contributed by atoms with Crippen LogP contribution in [0.5, 0.6) is 0 Å². The highest BCUT2D eigenvalue weighted by atomic mass is 32.2. The second-order valence-corrected chi connectivity index (χ2v) is 13.1. The van der Waals surface area contributed by atoms with E-state index in [4.69, 9.17) is 0 Å². The lowest BCUT2D eigenvalue weighted by molar-refractivity contribution is 0.590. The molecular formula is C35H23NO2S2. The van der Waals surface area contributed by atoms with E-state index in [0.717, 1.165) is 26.4 Å².